The average Bonchev–Trinajstić information content (AvgIpc) is 2.99. The van der Waals surface area contributed by atoms with E-state index in [1.165, 1.54) is 24.3 Å². The Labute approximate surface area is 151 Å². The molecule has 0 amide bonds. The summed E-state index contributed by atoms with van der Waals surface area (Å²) in [5.41, 5.74) is 6.31. The zero-order chi connectivity index (χ0) is 18.2. The molecule has 1 aliphatic heterocycles. The lowest BCUT2D eigenvalue weighted by Crippen LogP contribution is -2.17. The van der Waals surface area contributed by atoms with Gasteiger partial charge in [-0.05, 0) is 23.8 Å². The molecule has 1 atom stereocenters. The molecular formula is C15H12ClF3N2O5. The maximum absolute atomic E-state index is 12.2. The lowest BCUT2D eigenvalue weighted by atomic mass is 9.97. The summed E-state index contributed by atoms with van der Waals surface area (Å²) >= 11 is 0. The van der Waals surface area contributed by atoms with Crippen molar-refractivity contribution in [3.63, 3.8) is 0 Å². The molecule has 0 saturated carbocycles. The second-order valence-electron chi connectivity index (χ2n) is 5.12. The first kappa shape index (κ1) is 19.6. The van der Waals surface area contributed by atoms with Crippen molar-refractivity contribution in [2.24, 2.45) is 5.73 Å². The summed E-state index contributed by atoms with van der Waals surface area (Å²) in [7, 11) is 0. The summed E-state index contributed by atoms with van der Waals surface area (Å²) in [5.74, 6) is 0.133. The van der Waals surface area contributed by atoms with Crippen LogP contribution in [0.3, 0.4) is 0 Å². The van der Waals surface area contributed by atoms with E-state index in [-0.39, 0.29) is 36.2 Å². The van der Waals surface area contributed by atoms with E-state index >= 15 is 0 Å². The van der Waals surface area contributed by atoms with Crippen LogP contribution in [0.5, 0.6) is 17.2 Å². The quantitative estimate of drug-likeness (QED) is 0.629. The van der Waals surface area contributed by atoms with Crippen molar-refractivity contribution >= 4 is 18.1 Å². The van der Waals surface area contributed by atoms with Crippen LogP contribution in [0.25, 0.3) is 0 Å². The molecule has 3 rings (SSSR count). The number of nitrogens with two attached hydrogens (primary N) is 1. The van der Waals surface area contributed by atoms with Gasteiger partial charge >= 0.3 is 6.36 Å². The van der Waals surface area contributed by atoms with E-state index in [9.17, 15) is 23.3 Å². The zero-order valence-corrected chi connectivity index (χ0v) is 13.7. The predicted octanol–water partition coefficient (Wildman–Crippen LogP) is 3.69. The number of hydrogen-bond donors (Lipinski definition) is 1. The second kappa shape index (κ2) is 7.26. The SMILES string of the molecule is Cl.N[C@@H](c1ccc(OC(F)(F)F)cc1)c1cc2c(cc1[N+](=O)[O-])OCO2. The fraction of sp³-hybridized carbons (Fsp3) is 0.200. The highest BCUT2D eigenvalue weighted by Crippen LogP contribution is 2.41. The van der Waals surface area contributed by atoms with E-state index in [1.54, 1.807) is 0 Å². The Morgan fingerprint density at radius 2 is 1.73 bits per heavy atom. The topological polar surface area (TPSA) is 96.9 Å². The molecule has 11 heteroatoms. The van der Waals surface area contributed by atoms with Gasteiger partial charge in [0.15, 0.2) is 11.5 Å². The second-order valence-corrected chi connectivity index (χ2v) is 5.12. The van der Waals surface area contributed by atoms with Crippen molar-refractivity contribution in [1.29, 1.82) is 0 Å². The van der Waals surface area contributed by atoms with Gasteiger partial charge in [-0.15, -0.1) is 25.6 Å². The van der Waals surface area contributed by atoms with Crippen molar-refractivity contribution in [3.05, 3.63) is 57.6 Å². The molecule has 0 radical (unpaired) electrons. The summed E-state index contributed by atoms with van der Waals surface area (Å²) in [5, 5.41) is 11.3. The summed E-state index contributed by atoms with van der Waals surface area (Å²) < 4.78 is 50.6. The van der Waals surface area contributed by atoms with Crippen LogP contribution in [0.2, 0.25) is 0 Å². The molecule has 7 nitrogen and oxygen atoms in total. The van der Waals surface area contributed by atoms with Crippen molar-refractivity contribution < 1.29 is 32.3 Å². The van der Waals surface area contributed by atoms with Gasteiger partial charge in [-0.25, -0.2) is 0 Å². The van der Waals surface area contributed by atoms with Crippen molar-refractivity contribution in [3.8, 4) is 17.2 Å². The minimum absolute atomic E-state index is 0. The molecule has 2 aromatic carbocycles. The number of halogens is 4. The van der Waals surface area contributed by atoms with Crippen LogP contribution in [0.15, 0.2) is 36.4 Å². The number of nitro benzene ring substituents is 1. The van der Waals surface area contributed by atoms with E-state index < -0.39 is 23.1 Å². The molecule has 0 unspecified atom stereocenters. The monoisotopic (exact) mass is 392 g/mol. The Balaban J connectivity index is 0.00000243. The highest BCUT2D eigenvalue weighted by molar-refractivity contribution is 5.85. The van der Waals surface area contributed by atoms with Crippen LogP contribution in [0.4, 0.5) is 18.9 Å². The first-order valence-electron chi connectivity index (χ1n) is 6.94. The summed E-state index contributed by atoms with van der Waals surface area (Å²) in [6, 6.07) is 6.43. The van der Waals surface area contributed by atoms with Crippen molar-refractivity contribution in [2.75, 3.05) is 6.79 Å². The maximum Gasteiger partial charge on any atom is 0.573 e. The Bertz CT molecular complexity index is 814. The molecule has 0 aliphatic carbocycles. The van der Waals surface area contributed by atoms with Crippen molar-refractivity contribution in [1.82, 2.24) is 0 Å². The Morgan fingerprint density at radius 1 is 1.15 bits per heavy atom. The first-order valence-corrected chi connectivity index (χ1v) is 6.94. The molecule has 0 saturated heterocycles. The smallest absolute Gasteiger partial charge is 0.454 e. The molecule has 2 aromatic rings. The van der Waals surface area contributed by atoms with E-state index in [0.29, 0.717) is 11.3 Å². The normalized spacial score (nSPS) is 13.7. The lowest BCUT2D eigenvalue weighted by molar-refractivity contribution is -0.385. The largest absolute Gasteiger partial charge is 0.573 e. The minimum atomic E-state index is -4.81. The van der Waals surface area contributed by atoms with Crippen LogP contribution in [0, 0.1) is 10.1 Å². The Kier molecular flexibility index (Phi) is 5.47. The van der Waals surface area contributed by atoms with E-state index in [4.69, 9.17) is 15.2 Å². The number of rotatable bonds is 4. The molecule has 0 bridgehead atoms. The molecule has 1 heterocycles. The third-order valence-electron chi connectivity index (χ3n) is 3.53. The highest BCUT2D eigenvalue weighted by atomic mass is 35.5. The van der Waals surface area contributed by atoms with Crippen LogP contribution in [-0.2, 0) is 0 Å². The number of hydrogen-bond acceptors (Lipinski definition) is 6. The van der Waals surface area contributed by atoms with Crippen LogP contribution in [-0.4, -0.2) is 18.1 Å². The third-order valence-corrected chi connectivity index (χ3v) is 3.53. The molecular weight excluding hydrogens is 381 g/mol. The van der Waals surface area contributed by atoms with E-state index in [1.807, 2.05) is 0 Å². The number of nitro groups is 1. The lowest BCUT2D eigenvalue weighted by Gasteiger charge is -2.15. The van der Waals surface area contributed by atoms with Crippen LogP contribution in [0.1, 0.15) is 17.2 Å². The fourth-order valence-electron chi connectivity index (χ4n) is 2.41. The zero-order valence-electron chi connectivity index (χ0n) is 12.9. The fourth-order valence-corrected chi connectivity index (χ4v) is 2.41. The van der Waals surface area contributed by atoms with Crippen LogP contribution >= 0.6 is 12.4 Å². The number of nitrogens with zero attached hydrogens (tertiary/aromatic N) is 1. The van der Waals surface area contributed by atoms with Gasteiger partial charge in [0.25, 0.3) is 5.69 Å². The Hall–Kier alpha value is -2.72. The molecule has 26 heavy (non-hydrogen) atoms. The van der Waals surface area contributed by atoms with Gasteiger partial charge in [-0.3, -0.25) is 10.1 Å². The van der Waals surface area contributed by atoms with E-state index in [0.717, 1.165) is 12.1 Å². The summed E-state index contributed by atoms with van der Waals surface area (Å²) in [4.78, 5) is 10.7. The van der Waals surface area contributed by atoms with Gasteiger partial charge in [0.2, 0.25) is 6.79 Å². The number of alkyl halides is 3. The summed E-state index contributed by atoms with van der Waals surface area (Å²) in [6.45, 7) is -0.0609. The molecule has 0 spiro atoms. The van der Waals surface area contributed by atoms with Gasteiger partial charge in [-0.1, -0.05) is 12.1 Å². The molecule has 0 aromatic heterocycles. The predicted molar refractivity (Wildman–Crippen MR) is 85.6 cm³/mol. The van der Waals surface area contributed by atoms with Gasteiger partial charge in [0.05, 0.1) is 22.6 Å². The number of fused-ring (bicyclic) bond motifs is 1. The number of benzene rings is 2. The van der Waals surface area contributed by atoms with E-state index in [2.05, 4.69) is 4.74 Å². The Morgan fingerprint density at radius 3 is 2.27 bits per heavy atom. The molecule has 0 fully saturated rings. The van der Waals surface area contributed by atoms with Gasteiger partial charge in [-0.2, -0.15) is 0 Å². The minimum Gasteiger partial charge on any atom is -0.454 e. The average molecular weight is 393 g/mol. The summed E-state index contributed by atoms with van der Waals surface area (Å²) in [6.07, 6.45) is -4.81. The van der Waals surface area contributed by atoms with Crippen LogP contribution < -0.4 is 19.9 Å². The first-order chi connectivity index (χ1) is 11.7. The molecule has 140 valence electrons. The standard InChI is InChI=1S/C15H11F3N2O5.ClH/c16-15(17,18)25-9-3-1-8(2-4-9)14(19)10-5-12-13(24-7-23-12)6-11(10)20(21)22;/h1-6,14H,7,19H2;1H/t14-;/m0./s1. The van der Waals surface area contributed by atoms with Gasteiger partial charge < -0.3 is 19.9 Å². The molecule has 1 aliphatic rings. The number of ether oxygens (including phenoxy) is 3. The van der Waals surface area contributed by atoms with Gasteiger partial charge in [0.1, 0.15) is 5.75 Å². The molecule has 2 N–H and O–H groups in total. The third kappa shape index (κ3) is 4.09. The van der Waals surface area contributed by atoms with Crippen molar-refractivity contribution in [2.45, 2.75) is 12.4 Å². The highest BCUT2D eigenvalue weighted by Gasteiger charge is 2.31. The maximum atomic E-state index is 12.2. The van der Waals surface area contributed by atoms with Gasteiger partial charge in [0, 0.05) is 0 Å².